The van der Waals surface area contributed by atoms with Crippen molar-refractivity contribution in [3.05, 3.63) is 17.7 Å². The van der Waals surface area contributed by atoms with Crippen molar-refractivity contribution in [2.75, 3.05) is 32.1 Å². The fraction of sp³-hybridized carbons (Fsp3) is 0.625. The molecule has 5 heteroatoms. The predicted molar refractivity (Wildman–Crippen MR) is 81.6 cm³/mol. The van der Waals surface area contributed by atoms with Crippen molar-refractivity contribution in [2.24, 2.45) is 0 Å². The van der Waals surface area contributed by atoms with Crippen LogP contribution in [0, 0.1) is 0 Å². The third-order valence-corrected chi connectivity index (χ3v) is 4.37. The predicted octanol–water partition coefficient (Wildman–Crippen LogP) is 1.78. The highest BCUT2D eigenvalue weighted by molar-refractivity contribution is 5.58. The normalized spacial score (nSPS) is 17.8. The molecule has 0 amide bonds. The number of ether oxygens (including phenoxy) is 2. The zero-order chi connectivity index (χ0) is 14.7. The van der Waals surface area contributed by atoms with Crippen molar-refractivity contribution in [3.8, 4) is 11.5 Å². The van der Waals surface area contributed by atoms with Crippen LogP contribution in [0.3, 0.4) is 0 Å². The smallest absolute Gasteiger partial charge is 0.163 e. The summed E-state index contributed by atoms with van der Waals surface area (Å²) in [5.41, 5.74) is 8.01. The van der Waals surface area contributed by atoms with Crippen LogP contribution in [-0.4, -0.2) is 42.4 Å². The van der Waals surface area contributed by atoms with Gasteiger partial charge in [-0.15, -0.1) is 0 Å². The number of benzene rings is 1. The summed E-state index contributed by atoms with van der Waals surface area (Å²) in [5, 5.41) is 9.08. The van der Waals surface area contributed by atoms with Gasteiger partial charge in [0.25, 0.3) is 0 Å². The van der Waals surface area contributed by atoms with Crippen molar-refractivity contribution >= 4 is 5.69 Å². The molecule has 0 unspecified atom stereocenters. The zero-order valence-corrected chi connectivity index (χ0v) is 12.4. The number of hydrogen-bond donors (Lipinski definition) is 2. The van der Waals surface area contributed by atoms with Gasteiger partial charge in [0.1, 0.15) is 13.2 Å². The number of nitrogens with two attached hydrogens (primary N) is 1. The fourth-order valence-corrected chi connectivity index (χ4v) is 2.92. The van der Waals surface area contributed by atoms with E-state index in [1.54, 1.807) is 0 Å². The van der Waals surface area contributed by atoms with Crippen LogP contribution < -0.4 is 15.2 Å². The van der Waals surface area contributed by atoms with Gasteiger partial charge in [0.05, 0.1) is 0 Å². The molecule has 0 aromatic heterocycles. The fourth-order valence-electron chi connectivity index (χ4n) is 2.92. The van der Waals surface area contributed by atoms with Crippen LogP contribution in [0.2, 0.25) is 0 Å². The lowest BCUT2D eigenvalue weighted by Gasteiger charge is -2.38. The van der Waals surface area contributed by atoms with Gasteiger partial charge in [-0.05, 0) is 30.9 Å². The highest BCUT2D eigenvalue weighted by atomic mass is 16.6. The maximum absolute atomic E-state index is 9.08. The molecule has 116 valence electrons. The first-order valence-corrected chi connectivity index (χ1v) is 7.81. The third kappa shape index (κ3) is 3.24. The number of aliphatic hydroxyl groups is 1. The monoisotopic (exact) mass is 292 g/mol. The number of anilines is 1. The van der Waals surface area contributed by atoms with Gasteiger partial charge in [-0.3, -0.25) is 4.90 Å². The molecule has 1 fully saturated rings. The standard InChI is InChI=1S/C16H24N2O3/c17-14-10-16-15(20-7-8-21-16)9-12(14)11-18(5-2-6-19)13-3-1-4-13/h9-10,13,19H,1-8,11,17H2. The van der Waals surface area contributed by atoms with Gasteiger partial charge in [-0.2, -0.15) is 0 Å². The molecule has 2 aliphatic rings. The van der Waals surface area contributed by atoms with Crippen molar-refractivity contribution in [1.29, 1.82) is 0 Å². The van der Waals surface area contributed by atoms with Crippen molar-refractivity contribution in [2.45, 2.75) is 38.3 Å². The average Bonchev–Trinajstić information content (AvgIpc) is 2.43. The molecule has 0 radical (unpaired) electrons. The molecule has 0 spiro atoms. The SMILES string of the molecule is Nc1cc2c(cc1CN(CCCO)C1CCC1)OCCO2. The van der Waals surface area contributed by atoms with Gasteiger partial charge in [0, 0.05) is 37.5 Å². The first-order valence-electron chi connectivity index (χ1n) is 7.81. The van der Waals surface area contributed by atoms with E-state index in [1.807, 2.05) is 12.1 Å². The molecular weight excluding hydrogens is 268 g/mol. The van der Waals surface area contributed by atoms with Gasteiger partial charge in [0.15, 0.2) is 11.5 Å². The topological polar surface area (TPSA) is 68.0 Å². The molecule has 1 aromatic rings. The number of fused-ring (bicyclic) bond motifs is 1. The van der Waals surface area contributed by atoms with Gasteiger partial charge in [-0.1, -0.05) is 6.42 Å². The van der Waals surface area contributed by atoms with E-state index in [9.17, 15) is 0 Å². The minimum Gasteiger partial charge on any atom is -0.486 e. The molecule has 0 bridgehead atoms. The Morgan fingerprint density at radius 1 is 1.19 bits per heavy atom. The summed E-state index contributed by atoms with van der Waals surface area (Å²) in [7, 11) is 0. The van der Waals surface area contributed by atoms with Crippen LogP contribution in [0.15, 0.2) is 12.1 Å². The molecule has 1 aromatic carbocycles. The molecule has 1 aliphatic carbocycles. The Morgan fingerprint density at radius 3 is 2.52 bits per heavy atom. The molecular formula is C16H24N2O3. The second kappa shape index (κ2) is 6.54. The summed E-state index contributed by atoms with van der Waals surface area (Å²) >= 11 is 0. The lowest BCUT2D eigenvalue weighted by molar-refractivity contribution is 0.109. The first kappa shape index (κ1) is 14.5. The molecule has 1 aliphatic heterocycles. The number of nitrogens with zero attached hydrogens (tertiary/aromatic N) is 1. The summed E-state index contributed by atoms with van der Waals surface area (Å²) in [6.45, 7) is 3.13. The van der Waals surface area contributed by atoms with Gasteiger partial charge < -0.3 is 20.3 Å². The molecule has 21 heavy (non-hydrogen) atoms. The Morgan fingerprint density at radius 2 is 1.90 bits per heavy atom. The van der Waals surface area contributed by atoms with Crippen LogP contribution in [0.25, 0.3) is 0 Å². The molecule has 3 rings (SSSR count). The number of rotatable bonds is 6. The van der Waals surface area contributed by atoms with Gasteiger partial charge in [-0.25, -0.2) is 0 Å². The first-order chi connectivity index (χ1) is 10.3. The molecule has 5 nitrogen and oxygen atoms in total. The lowest BCUT2D eigenvalue weighted by Crippen LogP contribution is -2.40. The minimum absolute atomic E-state index is 0.236. The zero-order valence-electron chi connectivity index (χ0n) is 12.4. The number of aliphatic hydroxyl groups excluding tert-OH is 1. The lowest BCUT2D eigenvalue weighted by atomic mass is 9.91. The Bertz CT molecular complexity index is 489. The third-order valence-electron chi connectivity index (χ3n) is 4.37. The van der Waals surface area contributed by atoms with Crippen LogP contribution in [0.4, 0.5) is 5.69 Å². The maximum atomic E-state index is 9.08. The van der Waals surface area contributed by atoms with E-state index in [-0.39, 0.29) is 6.61 Å². The average molecular weight is 292 g/mol. The highest BCUT2D eigenvalue weighted by Crippen LogP contribution is 2.36. The van der Waals surface area contributed by atoms with Crippen LogP contribution in [0.1, 0.15) is 31.2 Å². The Kier molecular flexibility index (Phi) is 4.51. The highest BCUT2D eigenvalue weighted by Gasteiger charge is 2.25. The minimum atomic E-state index is 0.236. The quantitative estimate of drug-likeness (QED) is 0.782. The largest absolute Gasteiger partial charge is 0.486 e. The van der Waals surface area contributed by atoms with Crippen molar-refractivity contribution in [3.63, 3.8) is 0 Å². The molecule has 3 N–H and O–H groups in total. The van der Waals surface area contributed by atoms with Crippen molar-refractivity contribution in [1.82, 2.24) is 4.90 Å². The summed E-state index contributed by atoms with van der Waals surface area (Å²) in [5.74, 6) is 1.54. The summed E-state index contributed by atoms with van der Waals surface area (Å²) in [6, 6.07) is 4.51. The second-order valence-corrected chi connectivity index (χ2v) is 5.83. The van der Waals surface area contributed by atoms with E-state index < -0.39 is 0 Å². The second-order valence-electron chi connectivity index (χ2n) is 5.83. The number of nitrogen functional groups attached to an aromatic ring is 1. The van der Waals surface area contributed by atoms with E-state index in [2.05, 4.69) is 4.90 Å². The molecule has 0 atom stereocenters. The summed E-state index contributed by atoms with van der Waals surface area (Å²) in [6.07, 6.45) is 4.60. The summed E-state index contributed by atoms with van der Waals surface area (Å²) < 4.78 is 11.2. The van der Waals surface area contributed by atoms with Gasteiger partial charge in [0.2, 0.25) is 0 Å². The molecule has 1 heterocycles. The maximum Gasteiger partial charge on any atom is 0.163 e. The van der Waals surface area contributed by atoms with E-state index >= 15 is 0 Å². The van der Waals surface area contributed by atoms with E-state index in [4.69, 9.17) is 20.3 Å². The number of hydrogen-bond acceptors (Lipinski definition) is 5. The van der Waals surface area contributed by atoms with Gasteiger partial charge >= 0.3 is 0 Å². The Hall–Kier alpha value is -1.46. The van der Waals surface area contributed by atoms with Crippen LogP contribution in [-0.2, 0) is 6.54 Å². The van der Waals surface area contributed by atoms with E-state index in [1.165, 1.54) is 19.3 Å². The molecule has 1 saturated carbocycles. The van der Waals surface area contributed by atoms with Crippen LogP contribution in [0.5, 0.6) is 11.5 Å². The van der Waals surface area contributed by atoms with E-state index in [0.29, 0.717) is 19.3 Å². The van der Waals surface area contributed by atoms with Crippen molar-refractivity contribution < 1.29 is 14.6 Å². The van der Waals surface area contributed by atoms with E-state index in [0.717, 1.165) is 42.3 Å². The Labute approximate surface area is 125 Å². The van der Waals surface area contributed by atoms with Crippen LogP contribution >= 0.6 is 0 Å². The molecule has 0 saturated heterocycles. The summed E-state index contributed by atoms with van der Waals surface area (Å²) in [4.78, 5) is 2.43. The Balaban J connectivity index is 1.75.